The normalized spacial score (nSPS) is 15.4. The summed E-state index contributed by atoms with van der Waals surface area (Å²) in [7, 11) is 0. The van der Waals surface area contributed by atoms with Crippen LogP contribution in [0.4, 0.5) is 5.00 Å². The molecule has 132 valence electrons. The second-order valence-corrected chi connectivity index (χ2v) is 7.70. The molecule has 1 aliphatic carbocycles. The number of carbonyl (C=O) groups is 2. The van der Waals surface area contributed by atoms with Crippen LogP contribution in [-0.4, -0.2) is 17.9 Å². The SMILES string of the molecule is C[C@H]([NH2+][C@@H](C)c1ccccc1)C(=O)Nc1sc2c(c1C(N)=O)CCC2. The molecule has 0 radical (unpaired) electrons. The van der Waals surface area contributed by atoms with Crippen molar-refractivity contribution in [3.05, 3.63) is 51.9 Å². The Hall–Kier alpha value is -2.18. The van der Waals surface area contributed by atoms with E-state index in [-0.39, 0.29) is 18.0 Å². The van der Waals surface area contributed by atoms with Crippen molar-refractivity contribution in [2.75, 3.05) is 5.32 Å². The summed E-state index contributed by atoms with van der Waals surface area (Å²) < 4.78 is 0. The Morgan fingerprint density at radius 2 is 1.92 bits per heavy atom. The number of nitrogens with two attached hydrogens (primary N) is 2. The van der Waals surface area contributed by atoms with Gasteiger partial charge in [-0.2, -0.15) is 0 Å². The first kappa shape index (κ1) is 17.6. The van der Waals surface area contributed by atoms with Crippen LogP contribution in [0.5, 0.6) is 0 Å². The van der Waals surface area contributed by atoms with Crippen LogP contribution in [0.15, 0.2) is 30.3 Å². The van der Waals surface area contributed by atoms with Crippen molar-refractivity contribution >= 4 is 28.2 Å². The van der Waals surface area contributed by atoms with Crippen LogP contribution in [0.1, 0.15) is 52.7 Å². The van der Waals surface area contributed by atoms with E-state index in [4.69, 9.17) is 5.73 Å². The molecule has 2 atom stereocenters. The largest absolute Gasteiger partial charge is 0.365 e. The smallest absolute Gasteiger partial charge is 0.282 e. The predicted molar refractivity (Wildman–Crippen MR) is 99.7 cm³/mol. The standard InChI is InChI=1S/C19H23N3O2S/c1-11(13-7-4-3-5-8-13)21-12(2)18(24)22-19-16(17(20)23)14-9-6-10-15(14)25-19/h3-5,7-8,11-12,21H,6,9-10H2,1-2H3,(H2,20,23)(H,22,24)/p+1/t11-,12-/m0/s1. The predicted octanol–water partition coefficient (Wildman–Crippen LogP) is 1.99. The summed E-state index contributed by atoms with van der Waals surface area (Å²) in [5.41, 5.74) is 8.26. The van der Waals surface area contributed by atoms with Gasteiger partial charge in [-0.15, -0.1) is 11.3 Å². The van der Waals surface area contributed by atoms with Crippen LogP contribution in [0.3, 0.4) is 0 Å². The lowest BCUT2D eigenvalue weighted by atomic mass is 10.1. The number of anilines is 1. The average molecular weight is 358 g/mol. The van der Waals surface area contributed by atoms with Crippen LogP contribution >= 0.6 is 11.3 Å². The van der Waals surface area contributed by atoms with E-state index in [0.29, 0.717) is 10.6 Å². The second kappa shape index (κ2) is 7.37. The van der Waals surface area contributed by atoms with E-state index in [2.05, 4.69) is 24.4 Å². The highest BCUT2D eigenvalue weighted by Gasteiger charge is 2.28. The van der Waals surface area contributed by atoms with E-state index in [1.807, 2.05) is 30.4 Å². The van der Waals surface area contributed by atoms with Crippen LogP contribution in [0, 0.1) is 0 Å². The van der Waals surface area contributed by atoms with Gasteiger partial charge in [-0.1, -0.05) is 30.3 Å². The molecule has 1 aromatic carbocycles. The van der Waals surface area contributed by atoms with Gasteiger partial charge in [-0.25, -0.2) is 0 Å². The van der Waals surface area contributed by atoms with Crippen molar-refractivity contribution in [3.8, 4) is 0 Å². The number of hydrogen-bond acceptors (Lipinski definition) is 3. The van der Waals surface area contributed by atoms with Crippen LogP contribution < -0.4 is 16.4 Å². The number of amides is 2. The molecule has 2 amide bonds. The number of fused-ring (bicyclic) bond motifs is 1. The minimum Gasteiger partial charge on any atom is -0.365 e. The van der Waals surface area contributed by atoms with Gasteiger partial charge in [0.25, 0.3) is 11.8 Å². The fourth-order valence-electron chi connectivity index (χ4n) is 3.37. The third-order valence-corrected chi connectivity index (χ3v) is 5.93. The van der Waals surface area contributed by atoms with Crippen molar-refractivity contribution in [2.45, 2.75) is 45.2 Å². The van der Waals surface area contributed by atoms with Gasteiger partial charge in [-0.05, 0) is 38.7 Å². The van der Waals surface area contributed by atoms with Gasteiger partial charge >= 0.3 is 0 Å². The van der Waals surface area contributed by atoms with Crippen LogP contribution in [-0.2, 0) is 17.6 Å². The van der Waals surface area contributed by atoms with Crippen molar-refractivity contribution < 1.29 is 14.9 Å². The van der Waals surface area contributed by atoms with E-state index < -0.39 is 5.91 Å². The van der Waals surface area contributed by atoms with Crippen LogP contribution in [0.2, 0.25) is 0 Å². The maximum Gasteiger partial charge on any atom is 0.282 e. The van der Waals surface area contributed by atoms with E-state index in [9.17, 15) is 9.59 Å². The molecule has 6 heteroatoms. The van der Waals surface area contributed by atoms with Gasteiger partial charge in [-0.3, -0.25) is 9.59 Å². The Morgan fingerprint density at radius 1 is 1.20 bits per heavy atom. The number of carbonyl (C=O) groups excluding carboxylic acids is 2. The van der Waals surface area contributed by atoms with Gasteiger partial charge in [0.15, 0.2) is 6.04 Å². The zero-order valence-electron chi connectivity index (χ0n) is 14.5. The molecule has 1 aliphatic rings. The quantitative estimate of drug-likeness (QED) is 0.737. The summed E-state index contributed by atoms with van der Waals surface area (Å²) in [5, 5.41) is 5.56. The molecule has 3 rings (SSSR count). The van der Waals surface area contributed by atoms with Crippen molar-refractivity contribution in [1.82, 2.24) is 0 Å². The average Bonchev–Trinajstić information content (AvgIpc) is 3.15. The summed E-state index contributed by atoms with van der Waals surface area (Å²) in [4.78, 5) is 25.6. The monoisotopic (exact) mass is 358 g/mol. The summed E-state index contributed by atoms with van der Waals surface area (Å²) in [6.45, 7) is 3.95. The number of benzene rings is 1. The molecule has 0 bridgehead atoms. The summed E-state index contributed by atoms with van der Waals surface area (Å²) in [6.07, 6.45) is 2.88. The Labute approximate surface area is 151 Å². The lowest BCUT2D eigenvalue weighted by Crippen LogP contribution is -2.91. The maximum absolute atomic E-state index is 12.6. The minimum atomic E-state index is -0.455. The summed E-state index contributed by atoms with van der Waals surface area (Å²) >= 11 is 1.49. The summed E-state index contributed by atoms with van der Waals surface area (Å²) in [5.74, 6) is -0.561. The Kier molecular flexibility index (Phi) is 5.20. The third-order valence-electron chi connectivity index (χ3n) is 4.72. The number of thiophene rings is 1. The van der Waals surface area contributed by atoms with Gasteiger partial charge in [0, 0.05) is 10.4 Å². The molecule has 1 aromatic heterocycles. The Bertz CT molecular complexity index is 785. The molecule has 2 aromatic rings. The molecule has 0 unspecified atom stereocenters. The van der Waals surface area contributed by atoms with Crippen molar-refractivity contribution in [2.24, 2.45) is 5.73 Å². The molecular weight excluding hydrogens is 334 g/mol. The highest BCUT2D eigenvalue weighted by molar-refractivity contribution is 7.17. The first-order chi connectivity index (χ1) is 12.0. The number of aryl methyl sites for hydroxylation is 1. The molecule has 0 spiro atoms. The zero-order chi connectivity index (χ0) is 18.0. The van der Waals surface area contributed by atoms with Gasteiger partial charge in [0.05, 0.1) is 5.56 Å². The fourth-order valence-corrected chi connectivity index (χ4v) is 4.66. The first-order valence-electron chi connectivity index (χ1n) is 8.62. The number of quaternary nitrogens is 1. The first-order valence-corrected chi connectivity index (χ1v) is 9.44. The van der Waals surface area contributed by atoms with Gasteiger partial charge in [0.2, 0.25) is 0 Å². The highest BCUT2D eigenvalue weighted by Crippen LogP contribution is 2.38. The fraction of sp³-hybridized carbons (Fsp3) is 0.368. The maximum atomic E-state index is 12.6. The topological polar surface area (TPSA) is 88.8 Å². The van der Waals surface area contributed by atoms with Crippen molar-refractivity contribution in [1.29, 1.82) is 0 Å². The third kappa shape index (κ3) is 3.75. The van der Waals surface area contributed by atoms with E-state index in [1.165, 1.54) is 21.8 Å². The number of primary amides is 1. The number of nitrogens with one attached hydrogen (secondary N) is 1. The van der Waals surface area contributed by atoms with Gasteiger partial charge in [0.1, 0.15) is 11.0 Å². The molecule has 0 saturated carbocycles. The van der Waals surface area contributed by atoms with Gasteiger partial charge < -0.3 is 16.4 Å². The zero-order valence-corrected chi connectivity index (χ0v) is 15.4. The highest BCUT2D eigenvalue weighted by atomic mass is 32.1. The molecule has 0 aliphatic heterocycles. The Morgan fingerprint density at radius 3 is 2.60 bits per heavy atom. The Balaban J connectivity index is 1.69. The molecule has 1 heterocycles. The summed E-state index contributed by atoms with van der Waals surface area (Å²) in [6, 6.07) is 9.99. The van der Waals surface area contributed by atoms with Crippen molar-refractivity contribution in [3.63, 3.8) is 0 Å². The number of hydrogen-bond donors (Lipinski definition) is 3. The lowest BCUT2D eigenvalue weighted by molar-refractivity contribution is -0.709. The molecule has 0 fully saturated rings. The lowest BCUT2D eigenvalue weighted by Gasteiger charge is -2.16. The second-order valence-electron chi connectivity index (χ2n) is 6.60. The minimum absolute atomic E-state index is 0.106. The van der Waals surface area contributed by atoms with E-state index >= 15 is 0 Å². The molecule has 5 N–H and O–H groups in total. The number of rotatable bonds is 6. The molecular formula is C19H24N3O2S+. The molecule has 5 nitrogen and oxygen atoms in total. The van der Waals surface area contributed by atoms with E-state index in [0.717, 1.165) is 24.8 Å². The van der Waals surface area contributed by atoms with Crippen LogP contribution in [0.25, 0.3) is 0 Å². The molecule has 25 heavy (non-hydrogen) atoms. The van der Waals surface area contributed by atoms with E-state index in [1.54, 1.807) is 0 Å². The molecule has 0 saturated heterocycles.